The van der Waals surface area contributed by atoms with E-state index < -0.39 is 6.16 Å². The lowest BCUT2D eigenvalue weighted by Crippen LogP contribution is -2.32. The van der Waals surface area contributed by atoms with Gasteiger partial charge >= 0.3 is 6.16 Å². The predicted octanol–water partition coefficient (Wildman–Crippen LogP) is 3.37. The van der Waals surface area contributed by atoms with Crippen LogP contribution in [0.1, 0.15) is 46.5 Å². The van der Waals surface area contributed by atoms with Gasteiger partial charge in [0.2, 0.25) is 0 Å². The van der Waals surface area contributed by atoms with Crippen LogP contribution < -0.4 is 0 Å². The first kappa shape index (κ1) is 12.3. The smallest absolute Gasteiger partial charge is 0.438 e. The molecule has 0 N–H and O–H groups in total. The minimum Gasteiger partial charge on any atom is -0.438 e. The normalized spacial score (nSPS) is 27.2. The monoisotopic (exact) mass is 214 g/mol. The van der Waals surface area contributed by atoms with Gasteiger partial charge in [0.05, 0.1) is 7.11 Å². The molecule has 0 aromatic carbocycles. The lowest BCUT2D eigenvalue weighted by molar-refractivity contribution is -0.000785. The summed E-state index contributed by atoms with van der Waals surface area (Å²) in [6, 6.07) is 0. The van der Waals surface area contributed by atoms with Crippen molar-refractivity contribution in [2.75, 3.05) is 7.11 Å². The molecule has 0 saturated heterocycles. The van der Waals surface area contributed by atoms with E-state index in [1.807, 2.05) is 0 Å². The van der Waals surface area contributed by atoms with Gasteiger partial charge in [0.1, 0.15) is 6.10 Å². The molecule has 3 nitrogen and oxygen atoms in total. The first-order chi connectivity index (χ1) is 6.93. The van der Waals surface area contributed by atoms with Crippen molar-refractivity contribution in [2.24, 2.45) is 11.3 Å². The number of hydrogen-bond donors (Lipinski definition) is 0. The molecule has 0 amide bonds. The Morgan fingerprint density at radius 2 is 1.93 bits per heavy atom. The third kappa shape index (κ3) is 3.73. The Morgan fingerprint density at radius 3 is 2.47 bits per heavy atom. The van der Waals surface area contributed by atoms with E-state index in [-0.39, 0.29) is 6.10 Å². The Morgan fingerprint density at radius 1 is 1.27 bits per heavy atom. The van der Waals surface area contributed by atoms with Crippen LogP contribution >= 0.6 is 0 Å². The van der Waals surface area contributed by atoms with Gasteiger partial charge in [0.25, 0.3) is 0 Å². The van der Waals surface area contributed by atoms with Crippen molar-refractivity contribution in [3.63, 3.8) is 0 Å². The van der Waals surface area contributed by atoms with E-state index in [4.69, 9.17) is 4.74 Å². The van der Waals surface area contributed by atoms with Crippen LogP contribution in [0.25, 0.3) is 0 Å². The van der Waals surface area contributed by atoms with Gasteiger partial charge in [-0.2, -0.15) is 0 Å². The molecule has 0 unspecified atom stereocenters. The molecule has 0 heterocycles. The minimum absolute atomic E-state index is 0.0513. The highest BCUT2D eigenvalue weighted by atomic mass is 16.7. The Labute approximate surface area is 92.1 Å². The molecule has 1 aliphatic rings. The van der Waals surface area contributed by atoms with Crippen LogP contribution in [-0.2, 0) is 9.47 Å². The van der Waals surface area contributed by atoms with Gasteiger partial charge in [0, 0.05) is 0 Å². The molecule has 1 aliphatic carbocycles. The molecule has 3 heteroatoms. The van der Waals surface area contributed by atoms with Crippen LogP contribution in [0.5, 0.6) is 0 Å². The van der Waals surface area contributed by atoms with Crippen LogP contribution in [-0.4, -0.2) is 19.4 Å². The van der Waals surface area contributed by atoms with E-state index in [0.29, 0.717) is 11.3 Å². The summed E-state index contributed by atoms with van der Waals surface area (Å²) in [6.07, 6.45) is 3.83. The summed E-state index contributed by atoms with van der Waals surface area (Å²) < 4.78 is 9.72. The van der Waals surface area contributed by atoms with Gasteiger partial charge in [-0.1, -0.05) is 20.8 Å². The maximum Gasteiger partial charge on any atom is 0.508 e. The molecule has 0 bridgehead atoms. The molecular formula is C12H22O3. The van der Waals surface area contributed by atoms with Gasteiger partial charge in [-0.3, -0.25) is 0 Å². The number of ether oxygens (including phenoxy) is 2. The number of methoxy groups -OCH3 is 1. The summed E-state index contributed by atoms with van der Waals surface area (Å²) in [5.41, 5.74) is 0.304. The van der Waals surface area contributed by atoms with Crippen molar-refractivity contribution in [1.82, 2.24) is 0 Å². The van der Waals surface area contributed by atoms with Crippen molar-refractivity contribution in [3.05, 3.63) is 0 Å². The number of carbonyl (C=O) groups is 1. The average Bonchev–Trinajstić information content (AvgIpc) is 2.17. The Bertz CT molecular complexity index is 217. The summed E-state index contributed by atoms with van der Waals surface area (Å²) >= 11 is 0. The molecule has 0 aromatic heterocycles. The van der Waals surface area contributed by atoms with E-state index >= 15 is 0 Å². The number of rotatable bonds is 1. The molecule has 0 aromatic rings. The SMILES string of the molecule is COC(=O)O[C@H]1CCC[C@H](C(C)(C)C)C1. The van der Waals surface area contributed by atoms with Crippen LogP contribution in [0.3, 0.4) is 0 Å². The topological polar surface area (TPSA) is 35.5 Å². The van der Waals surface area contributed by atoms with Gasteiger partial charge in [0.15, 0.2) is 0 Å². The quantitative estimate of drug-likeness (QED) is 0.628. The maximum absolute atomic E-state index is 11.0. The van der Waals surface area contributed by atoms with Crippen molar-refractivity contribution >= 4 is 6.16 Å². The zero-order valence-corrected chi connectivity index (χ0v) is 10.2. The predicted molar refractivity (Wildman–Crippen MR) is 58.7 cm³/mol. The standard InChI is InChI=1S/C12H22O3/c1-12(2,3)9-6-5-7-10(8-9)15-11(13)14-4/h9-10H,5-8H2,1-4H3/t9-,10-/m0/s1. The molecular weight excluding hydrogens is 192 g/mol. The Hall–Kier alpha value is -0.730. The Balaban J connectivity index is 2.46. The number of hydrogen-bond acceptors (Lipinski definition) is 3. The third-order valence-corrected chi connectivity index (χ3v) is 3.28. The second-order valence-corrected chi connectivity index (χ2v) is 5.42. The molecule has 0 aliphatic heterocycles. The molecule has 88 valence electrons. The summed E-state index contributed by atoms with van der Waals surface area (Å²) in [5, 5.41) is 0. The van der Waals surface area contributed by atoms with Crippen LogP contribution in [0.15, 0.2) is 0 Å². The third-order valence-electron chi connectivity index (χ3n) is 3.28. The highest BCUT2D eigenvalue weighted by Gasteiger charge is 2.32. The van der Waals surface area contributed by atoms with Crippen LogP contribution in [0, 0.1) is 11.3 Å². The molecule has 0 radical (unpaired) electrons. The van der Waals surface area contributed by atoms with E-state index in [1.54, 1.807) is 0 Å². The molecule has 15 heavy (non-hydrogen) atoms. The van der Waals surface area contributed by atoms with Crippen molar-refractivity contribution < 1.29 is 14.3 Å². The fraction of sp³-hybridized carbons (Fsp3) is 0.917. The largest absolute Gasteiger partial charge is 0.508 e. The molecule has 2 atom stereocenters. The van der Waals surface area contributed by atoms with E-state index in [0.717, 1.165) is 19.3 Å². The molecule has 1 rings (SSSR count). The molecule has 1 saturated carbocycles. The van der Waals surface area contributed by atoms with Crippen molar-refractivity contribution in [2.45, 2.75) is 52.6 Å². The fourth-order valence-corrected chi connectivity index (χ4v) is 2.22. The zero-order chi connectivity index (χ0) is 11.5. The average molecular weight is 214 g/mol. The fourth-order valence-electron chi connectivity index (χ4n) is 2.22. The summed E-state index contributed by atoms with van der Waals surface area (Å²) in [4.78, 5) is 11.0. The zero-order valence-electron chi connectivity index (χ0n) is 10.2. The van der Waals surface area contributed by atoms with Gasteiger partial charge in [-0.15, -0.1) is 0 Å². The van der Waals surface area contributed by atoms with Crippen molar-refractivity contribution in [3.8, 4) is 0 Å². The second kappa shape index (κ2) is 4.86. The highest BCUT2D eigenvalue weighted by molar-refractivity contribution is 5.59. The maximum atomic E-state index is 11.0. The van der Waals surface area contributed by atoms with Gasteiger partial charge in [-0.05, 0) is 37.0 Å². The van der Waals surface area contributed by atoms with E-state index in [2.05, 4.69) is 25.5 Å². The van der Waals surface area contributed by atoms with E-state index in [1.165, 1.54) is 13.5 Å². The second-order valence-electron chi connectivity index (χ2n) is 5.42. The van der Waals surface area contributed by atoms with E-state index in [9.17, 15) is 4.79 Å². The molecule has 0 spiro atoms. The van der Waals surface area contributed by atoms with Crippen LogP contribution in [0.2, 0.25) is 0 Å². The summed E-state index contributed by atoms with van der Waals surface area (Å²) in [5.74, 6) is 0.640. The van der Waals surface area contributed by atoms with Crippen LogP contribution in [0.4, 0.5) is 4.79 Å². The first-order valence-corrected chi connectivity index (χ1v) is 5.68. The van der Waals surface area contributed by atoms with Crippen molar-refractivity contribution in [1.29, 1.82) is 0 Å². The number of carbonyl (C=O) groups excluding carboxylic acids is 1. The summed E-state index contributed by atoms with van der Waals surface area (Å²) in [7, 11) is 1.35. The highest BCUT2D eigenvalue weighted by Crippen LogP contribution is 2.38. The molecule has 1 fully saturated rings. The lowest BCUT2D eigenvalue weighted by Gasteiger charge is -2.37. The van der Waals surface area contributed by atoms with Gasteiger partial charge in [-0.25, -0.2) is 4.79 Å². The summed E-state index contributed by atoms with van der Waals surface area (Å²) in [6.45, 7) is 6.74. The minimum atomic E-state index is -0.547. The Kier molecular flexibility index (Phi) is 4.00. The van der Waals surface area contributed by atoms with Gasteiger partial charge < -0.3 is 9.47 Å². The first-order valence-electron chi connectivity index (χ1n) is 5.68. The lowest BCUT2D eigenvalue weighted by atomic mass is 9.71.